The van der Waals surface area contributed by atoms with Crippen molar-refractivity contribution >= 4 is 70.1 Å². The van der Waals surface area contributed by atoms with Crippen LogP contribution in [-0.2, 0) is 15.8 Å². The van der Waals surface area contributed by atoms with E-state index in [1.807, 2.05) is 0 Å². The van der Waals surface area contributed by atoms with Crippen LogP contribution in [0.25, 0.3) is 6.08 Å². The molecule has 0 unspecified atom stereocenters. The second-order valence-corrected chi connectivity index (χ2v) is 10.8. The maximum Gasteiger partial charge on any atom is 0.416 e. The molecule has 0 saturated heterocycles. The van der Waals surface area contributed by atoms with Gasteiger partial charge in [-0.25, -0.2) is 0 Å². The van der Waals surface area contributed by atoms with Gasteiger partial charge in [-0.15, -0.1) is 11.8 Å². The Balaban J connectivity index is 1.46. The van der Waals surface area contributed by atoms with E-state index in [9.17, 15) is 27.6 Å². The predicted octanol–water partition coefficient (Wildman–Crippen LogP) is 8.15. The van der Waals surface area contributed by atoms with Gasteiger partial charge in [0.2, 0.25) is 5.91 Å². The van der Waals surface area contributed by atoms with Gasteiger partial charge in [-0.1, -0.05) is 65.7 Å². The molecule has 0 aromatic heterocycles. The zero-order chi connectivity index (χ0) is 31.0. The largest absolute Gasteiger partial charge is 0.416 e. The first-order valence-corrected chi connectivity index (χ1v) is 14.3. The third kappa shape index (κ3) is 9.12. The number of alkyl halides is 3. The van der Waals surface area contributed by atoms with Gasteiger partial charge in [0.05, 0.1) is 21.4 Å². The van der Waals surface area contributed by atoms with Crippen molar-refractivity contribution < 1.29 is 27.6 Å². The second-order valence-electron chi connectivity index (χ2n) is 8.92. The van der Waals surface area contributed by atoms with Crippen molar-refractivity contribution in [1.29, 1.82) is 0 Å². The first-order chi connectivity index (χ1) is 20.5. The van der Waals surface area contributed by atoms with Crippen LogP contribution >= 0.6 is 35.0 Å². The van der Waals surface area contributed by atoms with Crippen LogP contribution in [0.4, 0.5) is 24.5 Å². The molecule has 4 aromatic rings. The monoisotopic (exact) mass is 643 g/mol. The number of anilines is 2. The number of thioether (sulfide) groups is 1. The molecule has 220 valence electrons. The average Bonchev–Trinajstić information content (AvgIpc) is 2.98. The number of hydrogen-bond acceptors (Lipinski definition) is 4. The van der Waals surface area contributed by atoms with Gasteiger partial charge >= 0.3 is 6.18 Å². The van der Waals surface area contributed by atoms with Crippen LogP contribution in [0.5, 0.6) is 0 Å². The summed E-state index contributed by atoms with van der Waals surface area (Å²) in [6.07, 6.45) is -3.12. The van der Waals surface area contributed by atoms with Gasteiger partial charge in [0.15, 0.2) is 0 Å². The van der Waals surface area contributed by atoms with E-state index in [2.05, 4.69) is 16.0 Å². The lowest BCUT2D eigenvalue weighted by atomic mass is 10.1. The minimum absolute atomic E-state index is 0.0260. The van der Waals surface area contributed by atoms with E-state index >= 15 is 0 Å². The lowest BCUT2D eigenvalue weighted by molar-refractivity contribution is -0.137. The van der Waals surface area contributed by atoms with Gasteiger partial charge in [-0.3, -0.25) is 14.4 Å². The van der Waals surface area contributed by atoms with E-state index in [0.717, 1.165) is 23.9 Å². The van der Waals surface area contributed by atoms with Crippen molar-refractivity contribution in [2.75, 3.05) is 16.4 Å². The van der Waals surface area contributed by atoms with Gasteiger partial charge in [0.1, 0.15) is 5.70 Å². The summed E-state index contributed by atoms with van der Waals surface area (Å²) >= 11 is 13.6. The molecule has 0 radical (unpaired) electrons. The number of carbonyl (C=O) groups is 3. The highest BCUT2D eigenvalue weighted by molar-refractivity contribution is 8.00. The summed E-state index contributed by atoms with van der Waals surface area (Å²) in [5, 5.41) is 8.26. The van der Waals surface area contributed by atoms with Gasteiger partial charge in [-0.05, 0) is 66.2 Å². The maximum atomic E-state index is 13.3. The molecule has 0 saturated carbocycles. The summed E-state index contributed by atoms with van der Waals surface area (Å²) < 4.78 is 38.9. The Morgan fingerprint density at radius 1 is 0.791 bits per heavy atom. The highest BCUT2D eigenvalue weighted by atomic mass is 35.5. The molecular weight excluding hydrogens is 622 g/mol. The van der Waals surface area contributed by atoms with Gasteiger partial charge in [0, 0.05) is 21.8 Å². The van der Waals surface area contributed by atoms with Crippen molar-refractivity contribution in [3.05, 3.63) is 129 Å². The quantitative estimate of drug-likeness (QED) is 0.127. The van der Waals surface area contributed by atoms with Gasteiger partial charge < -0.3 is 16.0 Å². The summed E-state index contributed by atoms with van der Waals surface area (Å²) in [6, 6.07) is 24.2. The number of amides is 3. The van der Waals surface area contributed by atoms with Gasteiger partial charge in [-0.2, -0.15) is 13.2 Å². The SMILES string of the molecule is O=C(CSc1cccc(NC(=O)/C(=C\c2cccc(Cl)c2Cl)NC(=O)c2ccccc2)c1)Nc1cccc(C(F)(F)F)c1. The zero-order valence-electron chi connectivity index (χ0n) is 22.0. The Morgan fingerprint density at radius 2 is 1.47 bits per heavy atom. The molecule has 43 heavy (non-hydrogen) atoms. The van der Waals surface area contributed by atoms with Crippen molar-refractivity contribution in [3.8, 4) is 0 Å². The third-order valence-corrected chi connectivity index (χ3v) is 7.57. The van der Waals surface area contributed by atoms with E-state index in [-0.39, 0.29) is 27.2 Å². The Labute approximate surface area is 259 Å². The molecule has 6 nitrogen and oxygen atoms in total. The van der Waals surface area contributed by atoms with E-state index < -0.39 is 29.5 Å². The lowest BCUT2D eigenvalue weighted by Gasteiger charge is -2.13. The van der Waals surface area contributed by atoms with Crippen LogP contribution in [-0.4, -0.2) is 23.5 Å². The Morgan fingerprint density at radius 3 is 2.19 bits per heavy atom. The Bertz CT molecular complexity index is 1680. The van der Waals surface area contributed by atoms with Crippen molar-refractivity contribution in [2.24, 2.45) is 0 Å². The molecule has 0 spiro atoms. The van der Waals surface area contributed by atoms with Crippen LogP contribution in [0.2, 0.25) is 10.0 Å². The average molecular weight is 645 g/mol. The zero-order valence-corrected chi connectivity index (χ0v) is 24.4. The number of rotatable bonds is 9. The molecule has 0 aliphatic rings. The van der Waals surface area contributed by atoms with Crippen molar-refractivity contribution in [2.45, 2.75) is 11.1 Å². The molecule has 0 aliphatic heterocycles. The lowest BCUT2D eigenvalue weighted by Crippen LogP contribution is -2.30. The molecule has 4 rings (SSSR count). The normalized spacial score (nSPS) is 11.5. The maximum absolute atomic E-state index is 13.3. The number of benzene rings is 4. The number of hydrogen-bond donors (Lipinski definition) is 3. The summed E-state index contributed by atoms with van der Waals surface area (Å²) in [5.74, 6) is -1.77. The summed E-state index contributed by atoms with van der Waals surface area (Å²) in [5.41, 5.74) is 0.163. The van der Waals surface area contributed by atoms with Crippen LogP contribution in [0.3, 0.4) is 0 Å². The smallest absolute Gasteiger partial charge is 0.325 e. The minimum atomic E-state index is -4.53. The fraction of sp³-hybridized carbons (Fsp3) is 0.0645. The third-order valence-electron chi connectivity index (χ3n) is 5.75. The molecular formula is C31H22Cl2F3N3O3S. The first-order valence-electron chi connectivity index (χ1n) is 12.5. The summed E-state index contributed by atoms with van der Waals surface area (Å²) in [7, 11) is 0. The van der Waals surface area contributed by atoms with Crippen molar-refractivity contribution in [3.63, 3.8) is 0 Å². The topological polar surface area (TPSA) is 87.3 Å². The fourth-order valence-corrected chi connectivity index (χ4v) is 4.83. The number of halogens is 5. The van der Waals surface area contributed by atoms with E-state index in [1.54, 1.807) is 72.8 Å². The Kier molecular flexibility index (Phi) is 10.5. The molecule has 0 fully saturated rings. The first kappa shape index (κ1) is 31.7. The summed E-state index contributed by atoms with van der Waals surface area (Å²) in [4.78, 5) is 39.2. The molecule has 4 aromatic carbocycles. The molecule has 3 amide bonds. The highest BCUT2D eigenvalue weighted by Crippen LogP contribution is 2.31. The number of carbonyl (C=O) groups excluding carboxylic acids is 3. The molecule has 0 bridgehead atoms. The predicted molar refractivity (Wildman–Crippen MR) is 164 cm³/mol. The molecule has 12 heteroatoms. The van der Waals surface area contributed by atoms with Crippen LogP contribution in [0.1, 0.15) is 21.5 Å². The molecule has 0 atom stereocenters. The second kappa shape index (κ2) is 14.3. The standard InChI is InChI=1S/C31H22Cl2F3N3O3S/c32-25-14-4-9-20(28(25)33)15-26(39-29(41)19-7-2-1-3-8-19)30(42)38-23-12-6-13-24(17-23)43-18-27(40)37-22-11-5-10-21(16-22)31(34,35)36/h1-17H,18H2,(H,37,40)(H,38,42)(H,39,41)/b26-15+. The van der Waals surface area contributed by atoms with E-state index in [4.69, 9.17) is 23.2 Å². The molecule has 0 heterocycles. The highest BCUT2D eigenvalue weighted by Gasteiger charge is 2.30. The fourth-order valence-electron chi connectivity index (χ4n) is 3.71. The van der Waals surface area contributed by atoms with E-state index in [1.165, 1.54) is 18.2 Å². The van der Waals surface area contributed by atoms with E-state index in [0.29, 0.717) is 21.7 Å². The van der Waals surface area contributed by atoms with Gasteiger partial charge in [0.25, 0.3) is 11.8 Å². The van der Waals surface area contributed by atoms with Crippen molar-refractivity contribution in [1.82, 2.24) is 5.32 Å². The van der Waals surface area contributed by atoms with Crippen LogP contribution < -0.4 is 16.0 Å². The minimum Gasteiger partial charge on any atom is -0.325 e. The van der Waals surface area contributed by atoms with Crippen LogP contribution in [0, 0.1) is 0 Å². The molecule has 0 aliphatic carbocycles. The Hall–Kier alpha value is -4.25. The van der Waals surface area contributed by atoms with Crippen LogP contribution in [0.15, 0.2) is 108 Å². The molecule has 3 N–H and O–H groups in total. The summed E-state index contributed by atoms with van der Waals surface area (Å²) in [6.45, 7) is 0. The number of nitrogens with one attached hydrogen (secondary N) is 3.